The Balaban J connectivity index is 2.58. The minimum absolute atomic E-state index is 0.109. The summed E-state index contributed by atoms with van der Waals surface area (Å²) in [6, 6.07) is 0. The van der Waals surface area contributed by atoms with Gasteiger partial charge in [0, 0.05) is 6.20 Å². The number of aromatic nitrogens is 2. The molecule has 0 bridgehead atoms. The minimum atomic E-state index is -0.109. The molecule has 5 heteroatoms. The highest BCUT2D eigenvalue weighted by Crippen LogP contribution is 2.08. The lowest BCUT2D eigenvalue weighted by Gasteiger charge is -1.98. The lowest BCUT2D eigenvalue weighted by molar-refractivity contribution is 0.988. The van der Waals surface area contributed by atoms with Crippen molar-refractivity contribution in [2.24, 2.45) is 0 Å². The summed E-state index contributed by atoms with van der Waals surface area (Å²) in [4.78, 5) is 17.9. The van der Waals surface area contributed by atoms with E-state index in [0.717, 1.165) is 23.8 Å². The van der Waals surface area contributed by atoms with E-state index in [0.29, 0.717) is 4.47 Å². The predicted octanol–water partition coefficient (Wildman–Crippen LogP) is 2.18. The van der Waals surface area contributed by atoms with Crippen LogP contribution in [0.15, 0.2) is 15.5 Å². The summed E-state index contributed by atoms with van der Waals surface area (Å²) in [5, 5.41) is 0. The van der Waals surface area contributed by atoms with Crippen molar-refractivity contribution in [1.29, 1.82) is 0 Å². The minimum Gasteiger partial charge on any atom is -0.309 e. The van der Waals surface area contributed by atoms with Gasteiger partial charge in [-0.1, -0.05) is 6.92 Å². The smallest absolute Gasteiger partial charge is 0.265 e. The van der Waals surface area contributed by atoms with Gasteiger partial charge in [0.1, 0.15) is 10.3 Å². The summed E-state index contributed by atoms with van der Waals surface area (Å²) in [5.74, 6) is 2.61. The van der Waals surface area contributed by atoms with Crippen LogP contribution in [0.2, 0.25) is 0 Å². The fourth-order valence-electron chi connectivity index (χ4n) is 0.803. The van der Waals surface area contributed by atoms with Crippen molar-refractivity contribution in [2.45, 2.75) is 19.1 Å². The fourth-order valence-corrected chi connectivity index (χ4v) is 1.78. The van der Waals surface area contributed by atoms with E-state index in [1.54, 1.807) is 18.0 Å². The van der Waals surface area contributed by atoms with Gasteiger partial charge in [-0.25, -0.2) is 4.98 Å². The number of nitrogens with zero attached hydrogens (tertiary/aromatic N) is 1. The molecule has 13 heavy (non-hydrogen) atoms. The van der Waals surface area contributed by atoms with E-state index in [9.17, 15) is 4.79 Å². The van der Waals surface area contributed by atoms with Crippen LogP contribution in [0.5, 0.6) is 0 Å². The van der Waals surface area contributed by atoms with Gasteiger partial charge >= 0.3 is 0 Å². The van der Waals surface area contributed by atoms with Gasteiger partial charge in [-0.2, -0.15) is 11.8 Å². The van der Waals surface area contributed by atoms with Crippen molar-refractivity contribution >= 4 is 27.7 Å². The molecule has 0 aliphatic rings. The molecule has 0 atom stereocenters. The van der Waals surface area contributed by atoms with Crippen LogP contribution in [0.4, 0.5) is 0 Å². The van der Waals surface area contributed by atoms with Crippen molar-refractivity contribution in [3.8, 4) is 0 Å². The number of aromatic amines is 1. The molecular formula is C8H11BrN2OS. The van der Waals surface area contributed by atoms with Gasteiger partial charge in [-0.05, 0) is 28.1 Å². The second kappa shape index (κ2) is 5.44. The van der Waals surface area contributed by atoms with Crippen molar-refractivity contribution in [3.05, 3.63) is 26.8 Å². The van der Waals surface area contributed by atoms with E-state index >= 15 is 0 Å². The number of hydrogen-bond acceptors (Lipinski definition) is 3. The maximum absolute atomic E-state index is 11.1. The molecule has 0 aliphatic carbocycles. The van der Waals surface area contributed by atoms with E-state index in [-0.39, 0.29) is 5.56 Å². The number of H-pyrrole nitrogens is 1. The van der Waals surface area contributed by atoms with Crippen LogP contribution < -0.4 is 5.56 Å². The zero-order chi connectivity index (χ0) is 9.68. The first kappa shape index (κ1) is 10.8. The largest absolute Gasteiger partial charge is 0.309 e. The van der Waals surface area contributed by atoms with Crippen LogP contribution in [0, 0.1) is 0 Å². The summed E-state index contributed by atoms with van der Waals surface area (Å²) < 4.78 is 0.483. The third-order valence-electron chi connectivity index (χ3n) is 1.40. The molecule has 0 saturated heterocycles. The molecule has 0 radical (unpaired) electrons. The van der Waals surface area contributed by atoms with Gasteiger partial charge in [0.05, 0.1) is 5.75 Å². The number of rotatable bonds is 4. The Morgan fingerprint density at radius 2 is 2.46 bits per heavy atom. The monoisotopic (exact) mass is 262 g/mol. The van der Waals surface area contributed by atoms with Crippen molar-refractivity contribution in [1.82, 2.24) is 9.97 Å². The lowest BCUT2D eigenvalue weighted by Crippen LogP contribution is -2.10. The van der Waals surface area contributed by atoms with E-state index in [2.05, 4.69) is 32.8 Å². The number of thioether (sulfide) groups is 1. The van der Waals surface area contributed by atoms with Crippen LogP contribution in [0.3, 0.4) is 0 Å². The highest BCUT2D eigenvalue weighted by atomic mass is 79.9. The molecule has 1 N–H and O–H groups in total. The SMILES string of the molecule is CCCSCc1ncc(Br)c(=O)[nH]1. The Kier molecular flexibility index (Phi) is 4.52. The van der Waals surface area contributed by atoms with E-state index in [1.807, 2.05) is 0 Å². The first-order valence-electron chi connectivity index (χ1n) is 4.05. The Morgan fingerprint density at radius 3 is 3.08 bits per heavy atom. The second-order valence-electron chi connectivity index (χ2n) is 2.56. The third kappa shape index (κ3) is 3.52. The maximum atomic E-state index is 11.1. The first-order valence-corrected chi connectivity index (χ1v) is 6.00. The molecule has 0 unspecified atom stereocenters. The predicted molar refractivity (Wildman–Crippen MR) is 59.0 cm³/mol. The van der Waals surface area contributed by atoms with Crippen LogP contribution in [0.1, 0.15) is 19.2 Å². The highest BCUT2D eigenvalue weighted by Gasteiger charge is 1.98. The number of halogens is 1. The third-order valence-corrected chi connectivity index (χ3v) is 3.14. The van der Waals surface area contributed by atoms with Crippen LogP contribution >= 0.6 is 27.7 Å². The maximum Gasteiger partial charge on any atom is 0.265 e. The van der Waals surface area contributed by atoms with Gasteiger partial charge in [-0.15, -0.1) is 0 Å². The zero-order valence-corrected chi connectivity index (χ0v) is 9.74. The molecule has 0 fully saturated rings. The van der Waals surface area contributed by atoms with Gasteiger partial charge in [0.2, 0.25) is 0 Å². The average Bonchev–Trinajstić information content (AvgIpc) is 2.12. The first-order chi connectivity index (χ1) is 6.24. The summed E-state index contributed by atoms with van der Waals surface area (Å²) >= 11 is 4.87. The molecule has 0 amide bonds. The Labute approximate surface area is 89.5 Å². The molecule has 72 valence electrons. The topological polar surface area (TPSA) is 45.8 Å². The number of nitrogens with one attached hydrogen (secondary N) is 1. The summed E-state index contributed by atoms with van der Waals surface area (Å²) in [5.41, 5.74) is -0.109. The molecular weight excluding hydrogens is 252 g/mol. The highest BCUT2D eigenvalue weighted by molar-refractivity contribution is 9.10. The molecule has 0 spiro atoms. The molecule has 0 aromatic carbocycles. The quantitative estimate of drug-likeness (QED) is 0.847. The Bertz CT molecular complexity index is 326. The molecule has 1 heterocycles. The van der Waals surface area contributed by atoms with Gasteiger partial charge in [-0.3, -0.25) is 4.79 Å². The van der Waals surface area contributed by atoms with Crippen molar-refractivity contribution in [2.75, 3.05) is 5.75 Å². The molecule has 0 saturated carbocycles. The van der Waals surface area contributed by atoms with Crippen molar-refractivity contribution < 1.29 is 0 Å². The fraction of sp³-hybridized carbons (Fsp3) is 0.500. The van der Waals surface area contributed by atoms with E-state index in [4.69, 9.17) is 0 Å². The van der Waals surface area contributed by atoms with Gasteiger partial charge in [0.25, 0.3) is 5.56 Å². The second-order valence-corrected chi connectivity index (χ2v) is 4.52. The van der Waals surface area contributed by atoms with Crippen molar-refractivity contribution in [3.63, 3.8) is 0 Å². The Hall–Kier alpha value is -0.290. The number of hydrogen-bond donors (Lipinski definition) is 1. The van der Waals surface area contributed by atoms with Gasteiger partial charge in [0.15, 0.2) is 0 Å². The Morgan fingerprint density at radius 1 is 1.69 bits per heavy atom. The normalized spacial score (nSPS) is 10.3. The standard InChI is InChI=1S/C8H11BrN2OS/c1-2-3-13-5-7-10-4-6(9)8(12)11-7/h4H,2-3,5H2,1H3,(H,10,11,12). The molecule has 1 rings (SSSR count). The van der Waals surface area contributed by atoms with Crippen LogP contribution in [0.25, 0.3) is 0 Å². The summed E-state index contributed by atoms with van der Waals surface area (Å²) in [7, 11) is 0. The van der Waals surface area contributed by atoms with Crippen LogP contribution in [-0.4, -0.2) is 15.7 Å². The average molecular weight is 263 g/mol. The summed E-state index contributed by atoms with van der Waals surface area (Å²) in [6.07, 6.45) is 2.69. The zero-order valence-electron chi connectivity index (χ0n) is 7.34. The van der Waals surface area contributed by atoms with Crippen LogP contribution in [-0.2, 0) is 5.75 Å². The lowest BCUT2D eigenvalue weighted by atomic mass is 10.6. The summed E-state index contributed by atoms with van der Waals surface area (Å²) in [6.45, 7) is 2.13. The molecule has 0 aliphatic heterocycles. The van der Waals surface area contributed by atoms with E-state index in [1.165, 1.54) is 0 Å². The molecule has 3 nitrogen and oxygen atoms in total. The molecule has 1 aromatic heterocycles. The molecule has 1 aromatic rings. The van der Waals surface area contributed by atoms with E-state index < -0.39 is 0 Å². The van der Waals surface area contributed by atoms with Gasteiger partial charge < -0.3 is 4.98 Å².